The van der Waals surface area contributed by atoms with Crippen molar-refractivity contribution in [3.63, 3.8) is 0 Å². The first kappa shape index (κ1) is 21.6. The van der Waals surface area contributed by atoms with Crippen LogP contribution < -0.4 is 0 Å². The van der Waals surface area contributed by atoms with Crippen molar-refractivity contribution in [2.24, 2.45) is 5.92 Å². The third-order valence-corrected chi connectivity index (χ3v) is 7.01. The van der Waals surface area contributed by atoms with E-state index in [9.17, 15) is 5.11 Å². The number of furan rings is 1. The van der Waals surface area contributed by atoms with Gasteiger partial charge in [-0.25, -0.2) is 0 Å². The summed E-state index contributed by atoms with van der Waals surface area (Å²) >= 11 is 6.27. The monoisotopic (exact) mass is 428 g/mol. The van der Waals surface area contributed by atoms with Gasteiger partial charge in [0, 0.05) is 50.1 Å². The molecule has 1 aromatic carbocycles. The number of aliphatic hydroxyl groups is 1. The lowest BCUT2D eigenvalue weighted by molar-refractivity contribution is -0.00648. The van der Waals surface area contributed by atoms with E-state index >= 15 is 0 Å². The Morgan fingerprint density at radius 3 is 2.73 bits per heavy atom. The van der Waals surface area contributed by atoms with E-state index in [2.05, 4.69) is 29.0 Å². The Labute approximate surface area is 185 Å². The fourth-order valence-electron chi connectivity index (χ4n) is 4.97. The van der Waals surface area contributed by atoms with Crippen molar-refractivity contribution >= 4 is 17.7 Å². The molecule has 162 valence electrons. The number of piperazine rings is 1. The van der Waals surface area contributed by atoms with E-state index in [1.54, 1.807) is 6.26 Å². The molecule has 1 saturated carbocycles. The molecule has 1 saturated heterocycles. The second kappa shape index (κ2) is 9.69. The molecule has 4 rings (SSSR count). The highest BCUT2D eigenvalue weighted by atomic mass is 35.5. The van der Waals surface area contributed by atoms with Gasteiger partial charge in [0.2, 0.25) is 0 Å². The summed E-state index contributed by atoms with van der Waals surface area (Å²) in [5.41, 5.74) is 1.27. The van der Waals surface area contributed by atoms with Gasteiger partial charge < -0.3 is 19.3 Å². The summed E-state index contributed by atoms with van der Waals surface area (Å²) in [6.07, 6.45) is 8.54. The van der Waals surface area contributed by atoms with Crippen molar-refractivity contribution in [3.05, 3.63) is 64.6 Å². The van der Waals surface area contributed by atoms with E-state index in [-0.39, 0.29) is 5.92 Å². The average Bonchev–Trinajstić information content (AvgIpc) is 3.19. The predicted octanol–water partition coefficient (Wildman–Crippen LogP) is 4.73. The number of halogens is 1. The molecule has 1 aliphatic carbocycles. The molecule has 30 heavy (non-hydrogen) atoms. The topological polar surface area (TPSA) is 39.9 Å². The first-order chi connectivity index (χ1) is 14.5. The minimum Gasteiger partial charge on any atom is -0.465 e. The second-order valence-corrected chi connectivity index (χ2v) is 9.40. The van der Waals surface area contributed by atoms with Gasteiger partial charge in [-0.1, -0.05) is 30.2 Å². The number of hydrogen-bond donors (Lipinski definition) is 1. The van der Waals surface area contributed by atoms with E-state index in [0.29, 0.717) is 6.42 Å². The average molecular weight is 429 g/mol. The van der Waals surface area contributed by atoms with Gasteiger partial charge in [0.05, 0.1) is 11.9 Å². The molecule has 2 aromatic rings. The van der Waals surface area contributed by atoms with Crippen LogP contribution in [0.5, 0.6) is 0 Å². The van der Waals surface area contributed by atoms with E-state index in [4.69, 9.17) is 16.0 Å². The van der Waals surface area contributed by atoms with Gasteiger partial charge in [-0.3, -0.25) is 0 Å². The lowest BCUT2D eigenvalue weighted by Gasteiger charge is -2.42. The van der Waals surface area contributed by atoms with Crippen LogP contribution in [0.15, 0.2) is 52.7 Å². The van der Waals surface area contributed by atoms with Gasteiger partial charge in [0.1, 0.15) is 5.76 Å². The van der Waals surface area contributed by atoms with Gasteiger partial charge in [0.15, 0.2) is 0 Å². The predicted molar refractivity (Wildman–Crippen MR) is 123 cm³/mol. The lowest BCUT2D eigenvalue weighted by Crippen LogP contribution is -2.51. The smallest absolute Gasteiger partial charge is 0.126 e. The number of hydrogen-bond acceptors (Lipinski definition) is 4. The van der Waals surface area contributed by atoms with Crippen LogP contribution in [0, 0.1) is 5.92 Å². The maximum Gasteiger partial charge on any atom is 0.126 e. The Hall–Kier alpha value is -1.59. The lowest BCUT2D eigenvalue weighted by atomic mass is 9.75. The summed E-state index contributed by atoms with van der Waals surface area (Å²) in [6, 6.07) is 11.8. The van der Waals surface area contributed by atoms with E-state index in [1.165, 1.54) is 0 Å². The van der Waals surface area contributed by atoms with Gasteiger partial charge in [-0.15, -0.1) is 0 Å². The van der Waals surface area contributed by atoms with Crippen LogP contribution in [-0.2, 0) is 6.42 Å². The molecule has 5 heteroatoms. The molecular formula is C25H33ClN2O2. The number of nitrogens with zero attached hydrogens (tertiary/aromatic N) is 2. The minimum atomic E-state index is -0.905. The summed E-state index contributed by atoms with van der Waals surface area (Å²) in [5.74, 6) is 0.998. The van der Waals surface area contributed by atoms with Crippen LogP contribution in [0.3, 0.4) is 0 Å². The molecule has 2 unspecified atom stereocenters. The summed E-state index contributed by atoms with van der Waals surface area (Å²) in [6.45, 7) is 5.25. The second-order valence-electron chi connectivity index (χ2n) is 8.96. The molecule has 1 aliphatic heterocycles. The van der Waals surface area contributed by atoms with E-state index < -0.39 is 5.60 Å². The molecule has 2 fully saturated rings. The molecule has 2 aliphatic rings. The minimum absolute atomic E-state index is 0.184. The number of benzene rings is 1. The van der Waals surface area contributed by atoms with Crippen LogP contribution in [0.25, 0.3) is 6.08 Å². The van der Waals surface area contributed by atoms with Crippen molar-refractivity contribution < 1.29 is 9.52 Å². The fraction of sp³-hybridized carbons (Fsp3) is 0.520. The quantitative estimate of drug-likeness (QED) is 0.699. The normalized spacial score (nSPS) is 28.0. The van der Waals surface area contributed by atoms with Crippen molar-refractivity contribution in [1.29, 1.82) is 0 Å². The van der Waals surface area contributed by atoms with Gasteiger partial charge in [-0.05, 0) is 67.8 Å². The molecule has 0 radical (unpaired) electrons. The van der Waals surface area contributed by atoms with Crippen LogP contribution in [0.1, 0.15) is 37.0 Å². The first-order valence-corrected chi connectivity index (χ1v) is 11.5. The summed E-state index contributed by atoms with van der Waals surface area (Å²) < 4.78 is 5.61. The Morgan fingerprint density at radius 2 is 2.00 bits per heavy atom. The zero-order valence-electron chi connectivity index (χ0n) is 17.9. The van der Waals surface area contributed by atoms with Crippen LogP contribution >= 0.6 is 11.6 Å². The van der Waals surface area contributed by atoms with Crippen molar-refractivity contribution in [2.75, 3.05) is 39.8 Å². The van der Waals surface area contributed by atoms with Crippen LogP contribution in [0.4, 0.5) is 0 Å². The standard InChI is InChI=1S/C25H33ClN2O2/c1-27-11-13-28(14-12-27)19-22-8-3-2-7-21(17-24-10-5-15-30-24)25(22,29)18-20-6-4-9-23(26)16-20/h4-6,9-10,15-17,22,29H,2-3,7-8,11-14,18-19H2,1H3/b21-17-. The molecule has 1 aromatic heterocycles. The molecule has 2 atom stereocenters. The highest BCUT2D eigenvalue weighted by Crippen LogP contribution is 2.41. The zero-order valence-corrected chi connectivity index (χ0v) is 18.7. The van der Waals surface area contributed by atoms with Crippen LogP contribution in [0.2, 0.25) is 5.02 Å². The largest absolute Gasteiger partial charge is 0.465 e. The molecule has 0 amide bonds. The molecule has 4 nitrogen and oxygen atoms in total. The molecule has 2 heterocycles. The highest BCUT2D eigenvalue weighted by Gasteiger charge is 2.42. The van der Waals surface area contributed by atoms with Crippen molar-refractivity contribution in [1.82, 2.24) is 9.80 Å². The Bertz CT molecular complexity index is 843. The Morgan fingerprint density at radius 1 is 1.17 bits per heavy atom. The van der Waals surface area contributed by atoms with Gasteiger partial charge >= 0.3 is 0 Å². The van der Waals surface area contributed by atoms with E-state index in [0.717, 1.165) is 80.3 Å². The summed E-state index contributed by atoms with van der Waals surface area (Å²) in [5, 5.41) is 13.0. The number of rotatable bonds is 5. The highest BCUT2D eigenvalue weighted by molar-refractivity contribution is 6.30. The number of likely N-dealkylation sites (N-methyl/N-ethyl adjacent to an activating group) is 1. The molecule has 0 bridgehead atoms. The van der Waals surface area contributed by atoms with Gasteiger partial charge in [-0.2, -0.15) is 0 Å². The maximum absolute atomic E-state index is 12.3. The first-order valence-electron chi connectivity index (χ1n) is 11.2. The third-order valence-electron chi connectivity index (χ3n) is 6.78. The molecular weight excluding hydrogens is 396 g/mol. The van der Waals surface area contributed by atoms with Gasteiger partial charge in [0.25, 0.3) is 0 Å². The SMILES string of the molecule is CN1CCN(CC2CCCC/C(=C/c3ccco3)C2(O)Cc2cccc(Cl)c2)CC1. The Balaban J connectivity index is 1.66. The molecule has 0 spiro atoms. The van der Waals surface area contributed by atoms with Crippen LogP contribution in [-0.4, -0.2) is 60.3 Å². The van der Waals surface area contributed by atoms with Crippen molar-refractivity contribution in [3.8, 4) is 0 Å². The maximum atomic E-state index is 12.3. The van der Waals surface area contributed by atoms with E-state index in [1.807, 2.05) is 30.3 Å². The zero-order chi connectivity index (χ0) is 21.0. The summed E-state index contributed by atoms with van der Waals surface area (Å²) in [4.78, 5) is 4.91. The molecule has 1 N–H and O–H groups in total. The summed E-state index contributed by atoms with van der Waals surface area (Å²) in [7, 11) is 2.18. The Kier molecular flexibility index (Phi) is 6.99. The van der Waals surface area contributed by atoms with Crippen molar-refractivity contribution in [2.45, 2.75) is 37.7 Å². The fourth-order valence-corrected chi connectivity index (χ4v) is 5.18. The third kappa shape index (κ3) is 5.17.